The zero-order valence-corrected chi connectivity index (χ0v) is 13.4. The predicted molar refractivity (Wildman–Crippen MR) is 92.7 cm³/mol. The molecule has 120 valence electrons. The number of hydrogen-bond donors (Lipinski definition) is 2. The van der Waals surface area contributed by atoms with Crippen molar-refractivity contribution in [2.45, 2.75) is 0 Å². The van der Waals surface area contributed by atoms with Gasteiger partial charge in [-0.05, 0) is 23.3 Å². The summed E-state index contributed by atoms with van der Waals surface area (Å²) in [7, 11) is 0. The molecule has 2 N–H and O–H groups in total. The van der Waals surface area contributed by atoms with Gasteiger partial charge in [-0.25, -0.2) is 0 Å². The van der Waals surface area contributed by atoms with Crippen LogP contribution < -0.4 is 10.6 Å². The zero-order valence-electron chi connectivity index (χ0n) is 12.6. The fourth-order valence-corrected chi connectivity index (χ4v) is 2.56. The number of amides is 2. The largest absolute Gasteiger partial charge is 0.343 e. The highest BCUT2D eigenvalue weighted by Gasteiger charge is 2.09. The van der Waals surface area contributed by atoms with Crippen molar-refractivity contribution in [2.75, 3.05) is 11.9 Å². The lowest BCUT2D eigenvalue weighted by atomic mass is 10.0. The van der Waals surface area contributed by atoms with Gasteiger partial charge >= 0.3 is 0 Å². The van der Waals surface area contributed by atoms with E-state index in [4.69, 9.17) is 0 Å². The van der Waals surface area contributed by atoms with Crippen molar-refractivity contribution in [1.29, 1.82) is 0 Å². The Morgan fingerprint density at radius 2 is 1.67 bits per heavy atom. The van der Waals surface area contributed by atoms with Crippen molar-refractivity contribution in [3.05, 3.63) is 65.7 Å². The molecule has 0 aliphatic heterocycles. The van der Waals surface area contributed by atoms with E-state index in [9.17, 15) is 9.59 Å². The van der Waals surface area contributed by atoms with Crippen molar-refractivity contribution in [2.24, 2.45) is 0 Å². The second-order valence-electron chi connectivity index (χ2n) is 4.92. The molecular weight excluding hydrogens is 324 g/mol. The quantitative estimate of drug-likeness (QED) is 0.749. The molecule has 0 atom stereocenters. The first kappa shape index (κ1) is 15.8. The number of carbonyl (C=O) groups is 2. The van der Waals surface area contributed by atoms with Crippen LogP contribution in [0.2, 0.25) is 0 Å². The standard InChI is InChI=1S/C17H14N4O2S/c22-15(20-17-21-19-11-24-17)10-18-16(23)14-8-6-13(7-9-14)12-4-2-1-3-5-12/h1-9,11H,10H2,(H,18,23)(H,20,21,22). The van der Waals surface area contributed by atoms with E-state index in [2.05, 4.69) is 20.8 Å². The van der Waals surface area contributed by atoms with Crippen molar-refractivity contribution in [1.82, 2.24) is 15.5 Å². The number of aromatic nitrogens is 2. The van der Waals surface area contributed by atoms with Gasteiger partial charge in [-0.1, -0.05) is 53.8 Å². The Morgan fingerprint density at radius 1 is 0.958 bits per heavy atom. The first-order valence-corrected chi connectivity index (χ1v) is 8.10. The molecule has 0 unspecified atom stereocenters. The van der Waals surface area contributed by atoms with E-state index in [0.29, 0.717) is 10.7 Å². The summed E-state index contributed by atoms with van der Waals surface area (Å²) in [5.74, 6) is -0.650. The van der Waals surface area contributed by atoms with Gasteiger partial charge in [0.25, 0.3) is 5.91 Å². The van der Waals surface area contributed by atoms with Crippen LogP contribution in [0.25, 0.3) is 11.1 Å². The topological polar surface area (TPSA) is 84.0 Å². The average Bonchev–Trinajstić information content (AvgIpc) is 3.13. The molecule has 24 heavy (non-hydrogen) atoms. The maximum Gasteiger partial charge on any atom is 0.251 e. The number of rotatable bonds is 5. The van der Waals surface area contributed by atoms with E-state index in [0.717, 1.165) is 11.1 Å². The van der Waals surface area contributed by atoms with Gasteiger partial charge in [0, 0.05) is 5.56 Å². The highest BCUT2D eigenvalue weighted by molar-refractivity contribution is 7.13. The molecule has 3 rings (SSSR count). The van der Waals surface area contributed by atoms with Crippen LogP contribution in [0.1, 0.15) is 10.4 Å². The van der Waals surface area contributed by atoms with E-state index >= 15 is 0 Å². The second kappa shape index (κ2) is 7.47. The SMILES string of the molecule is O=C(CNC(=O)c1ccc(-c2ccccc2)cc1)Nc1nncs1. The Kier molecular flexibility index (Phi) is 4.93. The highest BCUT2D eigenvalue weighted by atomic mass is 32.1. The highest BCUT2D eigenvalue weighted by Crippen LogP contribution is 2.19. The molecule has 2 amide bonds. The summed E-state index contributed by atoms with van der Waals surface area (Å²) in [6.45, 7) is -0.126. The summed E-state index contributed by atoms with van der Waals surface area (Å²) in [6, 6.07) is 17.1. The smallest absolute Gasteiger partial charge is 0.251 e. The lowest BCUT2D eigenvalue weighted by molar-refractivity contribution is -0.115. The first-order valence-electron chi connectivity index (χ1n) is 7.22. The summed E-state index contributed by atoms with van der Waals surface area (Å²) in [6.07, 6.45) is 0. The Morgan fingerprint density at radius 3 is 2.33 bits per heavy atom. The number of benzene rings is 2. The van der Waals surface area contributed by atoms with Crippen molar-refractivity contribution >= 4 is 28.3 Å². The Balaban J connectivity index is 1.56. The molecule has 6 nitrogen and oxygen atoms in total. The third kappa shape index (κ3) is 4.02. The van der Waals surface area contributed by atoms with Crippen LogP contribution in [0, 0.1) is 0 Å². The lowest BCUT2D eigenvalue weighted by Gasteiger charge is -2.06. The molecule has 2 aromatic carbocycles. The third-order valence-corrected chi connectivity index (χ3v) is 3.88. The van der Waals surface area contributed by atoms with Gasteiger partial charge in [0.2, 0.25) is 11.0 Å². The van der Waals surface area contributed by atoms with Crippen molar-refractivity contribution in [3.63, 3.8) is 0 Å². The minimum atomic E-state index is -0.346. The molecule has 0 aliphatic rings. The van der Waals surface area contributed by atoms with Gasteiger partial charge in [0.1, 0.15) is 5.51 Å². The predicted octanol–water partition coefficient (Wildman–Crippen LogP) is 2.57. The minimum absolute atomic E-state index is 0.126. The molecule has 0 radical (unpaired) electrons. The van der Waals surface area contributed by atoms with Crippen molar-refractivity contribution in [3.8, 4) is 11.1 Å². The van der Waals surface area contributed by atoms with Crippen LogP contribution in [0.3, 0.4) is 0 Å². The molecule has 0 bridgehead atoms. The summed E-state index contributed by atoms with van der Waals surface area (Å²) in [5, 5.41) is 12.9. The molecule has 7 heteroatoms. The Hall–Kier alpha value is -3.06. The number of nitrogens with one attached hydrogen (secondary N) is 2. The number of carbonyl (C=O) groups excluding carboxylic acids is 2. The first-order chi connectivity index (χ1) is 11.7. The van der Waals surface area contributed by atoms with E-state index in [1.807, 2.05) is 42.5 Å². The van der Waals surface area contributed by atoms with E-state index in [1.54, 1.807) is 12.1 Å². The van der Waals surface area contributed by atoms with E-state index in [-0.39, 0.29) is 18.4 Å². The van der Waals surface area contributed by atoms with Gasteiger partial charge in [-0.2, -0.15) is 0 Å². The monoisotopic (exact) mass is 338 g/mol. The van der Waals surface area contributed by atoms with Crippen LogP contribution in [-0.2, 0) is 4.79 Å². The molecular formula is C17H14N4O2S. The summed E-state index contributed by atoms with van der Waals surface area (Å²) < 4.78 is 0. The van der Waals surface area contributed by atoms with Gasteiger partial charge in [-0.3, -0.25) is 14.9 Å². The van der Waals surface area contributed by atoms with Crippen LogP contribution in [-0.4, -0.2) is 28.6 Å². The van der Waals surface area contributed by atoms with Gasteiger partial charge in [0.05, 0.1) is 6.54 Å². The van der Waals surface area contributed by atoms with Gasteiger partial charge < -0.3 is 5.32 Å². The lowest BCUT2D eigenvalue weighted by Crippen LogP contribution is -2.32. The summed E-state index contributed by atoms with van der Waals surface area (Å²) in [4.78, 5) is 23.8. The van der Waals surface area contributed by atoms with Crippen molar-refractivity contribution < 1.29 is 9.59 Å². The van der Waals surface area contributed by atoms with Crippen LogP contribution >= 0.6 is 11.3 Å². The fourth-order valence-electron chi connectivity index (χ4n) is 2.10. The molecule has 3 aromatic rings. The third-order valence-electron chi connectivity index (χ3n) is 3.27. The van der Waals surface area contributed by atoms with E-state index < -0.39 is 0 Å². The molecule has 0 saturated heterocycles. The molecule has 0 spiro atoms. The Bertz CT molecular complexity index is 818. The number of anilines is 1. The average molecular weight is 338 g/mol. The van der Waals surface area contributed by atoms with Crippen LogP contribution in [0.4, 0.5) is 5.13 Å². The number of hydrogen-bond acceptors (Lipinski definition) is 5. The normalized spacial score (nSPS) is 10.2. The van der Waals surface area contributed by atoms with Crippen LogP contribution in [0.15, 0.2) is 60.1 Å². The molecule has 0 saturated carbocycles. The molecule has 0 fully saturated rings. The van der Waals surface area contributed by atoms with Gasteiger partial charge in [-0.15, -0.1) is 10.2 Å². The Labute approximate surface area is 142 Å². The molecule has 0 aliphatic carbocycles. The molecule has 1 aromatic heterocycles. The second-order valence-corrected chi connectivity index (χ2v) is 5.75. The number of nitrogens with zero attached hydrogens (tertiary/aromatic N) is 2. The molecule has 1 heterocycles. The summed E-state index contributed by atoms with van der Waals surface area (Å²) in [5.41, 5.74) is 4.13. The maximum absolute atomic E-state index is 12.1. The minimum Gasteiger partial charge on any atom is -0.343 e. The fraction of sp³-hybridized carbons (Fsp3) is 0.0588. The summed E-state index contributed by atoms with van der Waals surface area (Å²) >= 11 is 1.21. The van der Waals surface area contributed by atoms with Gasteiger partial charge in [0.15, 0.2) is 0 Å². The van der Waals surface area contributed by atoms with Crippen LogP contribution in [0.5, 0.6) is 0 Å². The zero-order chi connectivity index (χ0) is 16.8. The maximum atomic E-state index is 12.1. The van der Waals surface area contributed by atoms with E-state index in [1.165, 1.54) is 16.8 Å².